The minimum absolute atomic E-state index is 0.0307. The van der Waals surface area contributed by atoms with E-state index in [1.54, 1.807) is 11.7 Å². The Bertz CT molecular complexity index is 888. The van der Waals surface area contributed by atoms with Crippen molar-refractivity contribution in [3.05, 3.63) is 58.6 Å². The molecule has 1 N–H and O–H groups in total. The molecule has 0 saturated carbocycles. The summed E-state index contributed by atoms with van der Waals surface area (Å²) in [7, 11) is 1.76. The maximum Gasteiger partial charge on any atom is 0.250 e. The first-order valence-electron chi connectivity index (χ1n) is 7.73. The quantitative estimate of drug-likeness (QED) is 0.615. The number of nitrogens with zero attached hydrogens (tertiary/aromatic N) is 4. The van der Waals surface area contributed by atoms with E-state index in [0.717, 1.165) is 14.9 Å². The summed E-state index contributed by atoms with van der Waals surface area (Å²) in [5.74, 6) is -0.225. The summed E-state index contributed by atoms with van der Waals surface area (Å²) in [5.41, 5.74) is 1.69. The van der Waals surface area contributed by atoms with E-state index in [0.29, 0.717) is 17.5 Å². The Hall–Kier alpha value is -2.23. The van der Waals surface area contributed by atoms with Gasteiger partial charge in [-0.1, -0.05) is 46.3 Å². The summed E-state index contributed by atoms with van der Waals surface area (Å²) >= 11 is 4.79. The molecule has 7 nitrogen and oxygen atoms in total. The molecule has 0 aliphatic heterocycles. The average Bonchev–Trinajstić information content (AvgIpc) is 3.03. The maximum atomic E-state index is 12.2. The van der Waals surface area contributed by atoms with Crippen LogP contribution in [0.1, 0.15) is 5.56 Å². The van der Waals surface area contributed by atoms with Gasteiger partial charge < -0.3 is 10.1 Å². The lowest BCUT2D eigenvalue weighted by Crippen LogP contribution is -2.18. The van der Waals surface area contributed by atoms with Crippen LogP contribution in [-0.2, 0) is 23.2 Å². The molecule has 26 heavy (non-hydrogen) atoms. The van der Waals surface area contributed by atoms with Crippen LogP contribution in [0.4, 0.5) is 5.69 Å². The van der Waals surface area contributed by atoms with Crippen molar-refractivity contribution >= 4 is 39.3 Å². The molecular weight excluding hydrogens is 418 g/mol. The third-order valence-corrected chi connectivity index (χ3v) is 4.94. The Kier molecular flexibility index (Phi) is 6.37. The predicted molar refractivity (Wildman–Crippen MR) is 102 cm³/mol. The van der Waals surface area contributed by atoms with E-state index < -0.39 is 0 Å². The number of aryl methyl sites for hydroxylation is 1. The number of carbonyl (C=O) groups excluding carboxylic acids is 1. The van der Waals surface area contributed by atoms with Crippen LogP contribution in [0.2, 0.25) is 0 Å². The van der Waals surface area contributed by atoms with Gasteiger partial charge in [-0.2, -0.15) is 0 Å². The molecule has 1 aromatic heterocycles. The van der Waals surface area contributed by atoms with Gasteiger partial charge in [0, 0.05) is 16.4 Å². The first-order chi connectivity index (χ1) is 12.6. The Morgan fingerprint density at radius 2 is 2.08 bits per heavy atom. The van der Waals surface area contributed by atoms with Crippen molar-refractivity contribution in [1.29, 1.82) is 0 Å². The lowest BCUT2D eigenvalue weighted by molar-refractivity contribution is -0.121. The van der Waals surface area contributed by atoms with Gasteiger partial charge in [0.15, 0.2) is 0 Å². The highest BCUT2D eigenvalue weighted by molar-refractivity contribution is 9.10. The topological polar surface area (TPSA) is 81.9 Å². The zero-order valence-electron chi connectivity index (χ0n) is 13.9. The van der Waals surface area contributed by atoms with Crippen molar-refractivity contribution in [3.8, 4) is 0 Å². The van der Waals surface area contributed by atoms with Crippen molar-refractivity contribution < 1.29 is 9.53 Å². The lowest BCUT2D eigenvalue weighted by Gasteiger charge is -2.11. The molecule has 134 valence electrons. The van der Waals surface area contributed by atoms with Crippen molar-refractivity contribution in [2.24, 2.45) is 7.05 Å². The fourth-order valence-electron chi connectivity index (χ4n) is 2.12. The number of ether oxygens (including phenoxy) is 1. The molecule has 9 heteroatoms. The van der Waals surface area contributed by atoms with Crippen LogP contribution in [0.5, 0.6) is 0 Å². The highest BCUT2D eigenvalue weighted by Crippen LogP contribution is 2.33. The summed E-state index contributed by atoms with van der Waals surface area (Å²) in [6.07, 6.45) is 0. The molecule has 0 unspecified atom stereocenters. The molecule has 3 rings (SSSR count). The largest absolute Gasteiger partial charge is 0.367 e. The van der Waals surface area contributed by atoms with E-state index in [4.69, 9.17) is 4.74 Å². The molecule has 0 radical (unpaired) electrons. The molecule has 1 amide bonds. The lowest BCUT2D eigenvalue weighted by atomic mass is 10.2. The predicted octanol–water partition coefficient (Wildman–Crippen LogP) is 3.28. The first-order valence-corrected chi connectivity index (χ1v) is 9.34. The molecular formula is C17H16BrN5O2S. The van der Waals surface area contributed by atoms with Gasteiger partial charge in [0.25, 0.3) is 0 Å². The third-order valence-electron chi connectivity index (χ3n) is 3.34. The van der Waals surface area contributed by atoms with Crippen LogP contribution in [0.15, 0.2) is 63.1 Å². The number of carbonyl (C=O) groups is 1. The summed E-state index contributed by atoms with van der Waals surface area (Å²) in [5, 5.41) is 14.9. The van der Waals surface area contributed by atoms with Crippen molar-refractivity contribution in [2.75, 3.05) is 11.9 Å². The highest BCUT2D eigenvalue weighted by Gasteiger charge is 2.12. The monoisotopic (exact) mass is 433 g/mol. The number of aromatic nitrogens is 4. The standard InChI is InChI=1S/C17H16BrN5O2S/c1-23-17(20-21-22-23)26-15-8-7-13(18)9-14(15)19-16(24)11-25-10-12-5-3-2-4-6-12/h2-9H,10-11H2,1H3,(H,19,24). The second-order valence-corrected chi connectivity index (χ2v) is 7.28. The molecule has 0 aliphatic carbocycles. The van der Waals surface area contributed by atoms with Gasteiger partial charge in [0.05, 0.1) is 12.3 Å². The van der Waals surface area contributed by atoms with E-state index >= 15 is 0 Å². The van der Waals surface area contributed by atoms with E-state index in [9.17, 15) is 4.79 Å². The van der Waals surface area contributed by atoms with Crippen LogP contribution in [0, 0.1) is 0 Å². The zero-order chi connectivity index (χ0) is 18.4. The van der Waals surface area contributed by atoms with Crippen molar-refractivity contribution in [1.82, 2.24) is 20.2 Å². The smallest absolute Gasteiger partial charge is 0.250 e. The Balaban J connectivity index is 1.62. The molecule has 0 saturated heterocycles. The first kappa shape index (κ1) is 18.6. The van der Waals surface area contributed by atoms with Crippen LogP contribution < -0.4 is 5.32 Å². The fourth-order valence-corrected chi connectivity index (χ4v) is 3.28. The summed E-state index contributed by atoms with van der Waals surface area (Å²) in [6.45, 7) is 0.357. The summed E-state index contributed by atoms with van der Waals surface area (Å²) < 4.78 is 7.91. The minimum Gasteiger partial charge on any atom is -0.367 e. The molecule has 0 spiro atoms. The van der Waals surface area contributed by atoms with Crippen LogP contribution in [0.25, 0.3) is 0 Å². The average molecular weight is 434 g/mol. The number of benzene rings is 2. The maximum absolute atomic E-state index is 12.2. The third kappa shape index (κ3) is 5.13. The molecule has 0 atom stereocenters. The number of amides is 1. The van der Waals surface area contributed by atoms with Crippen LogP contribution in [0.3, 0.4) is 0 Å². The number of hydrogen-bond donors (Lipinski definition) is 1. The van der Waals surface area contributed by atoms with Gasteiger partial charge in [-0.3, -0.25) is 4.79 Å². The molecule has 3 aromatic rings. The van der Waals surface area contributed by atoms with Gasteiger partial charge >= 0.3 is 0 Å². The number of hydrogen-bond acceptors (Lipinski definition) is 6. The highest BCUT2D eigenvalue weighted by atomic mass is 79.9. The van der Waals surface area contributed by atoms with Gasteiger partial charge in [-0.25, -0.2) is 4.68 Å². The minimum atomic E-state index is -0.225. The van der Waals surface area contributed by atoms with Crippen molar-refractivity contribution in [3.63, 3.8) is 0 Å². The molecule has 0 bridgehead atoms. The Morgan fingerprint density at radius 1 is 1.27 bits per heavy atom. The number of anilines is 1. The van der Waals surface area contributed by atoms with Gasteiger partial charge in [0.2, 0.25) is 11.1 Å². The molecule has 1 heterocycles. The van der Waals surface area contributed by atoms with Gasteiger partial charge in [-0.15, -0.1) is 5.10 Å². The second kappa shape index (κ2) is 8.93. The Morgan fingerprint density at radius 3 is 2.81 bits per heavy atom. The molecule has 2 aromatic carbocycles. The van der Waals surface area contributed by atoms with Gasteiger partial charge in [0.1, 0.15) is 6.61 Å². The number of rotatable bonds is 7. The SMILES string of the molecule is Cn1nnnc1Sc1ccc(Br)cc1NC(=O)COCc1ccccc1. The van der Waals surface area contributed by atoms with Crippen LogP contribution in [-0.4, -0.2) is 32.7 Å². The Labute approximate surface area is 163 Å². The zero-order valence-corrected chi connectivity index (χ0v) is 16.3. The fraction of sp³-hybridized carbons (Fsp3) is 0.176. The number of halogens is 1. The van der Waals surface area contributed by atoms with E-state index in [-0.39, 0.29) is 12.5 Å². The van der Waals surface area contributed by atoms with Gasteiger partial charge in [-0.05, 0) is 46.0 Å². The second-order valence-electron chi connectivity index (χ2n) is 5.35. The van der Waals surface area contributed by atoms with E-state index in [1.807, 2.05) is 48.5 Å². The number of tetrazole rings is 1. The van der Waals surface area contributed by atoms with E-state index in [2.05, 4.69) is 36.8 Å². The number of nitrogens with one attached hydrogen (secondary N) is 1. The normalized spacial score (nSPS) is 10.7. The van der Waals surface area contributed by atoms with E-state index in [1.165, 1.54) is 11.8 Å². The summed E-state index contributed by atoms with van der Waals surface area (Å²) in [4.78, 5) is 13.1. The molecule has 0 aliphatic rings. The van der Waals surface area contributed by atoms with Crippen molar-refractivity contribution in [2.45, 2.75) is 16.7 Å². The van der Waals surface area contributed by atoms with Crippen LogP contribution >= 0.6 is 27.7 Å². The molecule has 0 fully saturated rings. The summed E-state index contributed by atoms with van der Waals surface area (Å²) in [6, 6.07) is 15.3.